The number of hydrogen-bond acceptors (Lipinski definition) is 0. The largest absolute Gasteiger partial charge is 0.207 e. The van der Waals surface area contributed by atoms with Crippen LogP contribution < -0.4 is 0 Å². The summed E-state index contributed by atoms with van der Waals surface area (Å²) in [5.74, 6) is -0.477. The molecule has 0 aromatic heterocycles. The Morgan fingerprint density at radius 1 is 0.960 bits per heavy atom. The Balaban J connectivity index is 1.92. The molecule has 0 aliphatic heterocycles. The molecule has 3 aromatic rings. The molecule has 0 nitrogen and oxygen atoms in total. The Hall–Kier alpha value is -2.22. The molecule has 0 amide bonds. The van der Waals surface area contributed by atoms with Gasteiger partial charge in [-0.1, -0.05) is 49.7 Å². The average Bonchev–Trinajstić information content (AvgIpc) is 2.60. The summed E-state index contributed by atoms with van der Waals surface area (Å²) in [4.78, 5) is 0. The van der Waals surface area contributed by atoms with Gasteiger partial charge in [-0.15, -0.1) is 0 Å². The molecule has 4 rings (SSSR count). The summed E-state index contributed by atoms with van der Waals surface area (Å²) in [7, 11) is 0. The molecule has 0 unspecified atom stereocenters. The van der Waals surface area contributed by atoms with E-state index >= 15 is 0 Å². The molecular weight excluding hydrogens is 314 g/mol. The number of aryl methyl sites for hydroxylation is 1. The van der Waals surface area contributed by atoms with Gasteiger partial charge in [0.25, 0.3) is 0 Å². The summed E-state index contributed by atoms with van der Waals surface area (Å²) in [6.07, 6.45) is 4.27. The first kappa shape index (κ1) is 16.3. The molecule has 25 heavy (non-hydrogen) atoms. The van der Waals surface area contributed by atoms with Crippen molar-refractivity contribution >= 4 is 10.8 Å². The third kappa shape index (κ3) is 2.95. The maximum absolute atomic E-state index is 13.9. The lowest BCUT2D eigenvalue weighted by molar-refractivity contribution is 0.378. The van der Waals surface area contributed by atoms with Crippen LogP contribution in [0, 0.1) is 17.6 Å². The summed E-state index contributed by atoms with van der Waals surface area (Å²) < 4.78 is 27.8. The van der Waals surface area contributed by atoms with Crippen molar-refractivity contribution < 1.29 is 8.78 Å². The van der Waals surface area contributed by atoms with E-state index in [1.165, 1.54) is 34.0 Å². The molecule has 0 saturated heterocycles. The van der Waals surface area contributed by atoms with Gasteiger partial charge in [-0.05, 0) is 64.8 Å². The third-order valence-electron chi connectivity index (χ3n) is 5.55. The smallest absolute Gasteiger partial charge is 0.126 e. The maximum Gasteiger partial charge on any atom is 0.126 e. The van der Waals surface area contributed by atoms with E-state index in [1.54, 1.807) is 0 Å². The van der Waals surface area contributed by atoms with Gasteiger partial charge < -0.3 is 0 Å². The molecule has 0 saturated carbocycles. The highest BCUT2D eigenvalue weighted by molar-refractivity contribution is 5.87. The van der Waals surface area contributed by atoms with Crippen LogP contribution in [0.3, 0.4) is 0 Å². The Morgan fingerprint density at radius 3 is 2.48 bits per heavy atom. The summed E-state index contributed by atoms with van der Waals surface area (Å²) in [6, 6.07) is 16.7. The standard InChI is InChI=1S/C23H22F2/c1-2-5-16-9-10-21-20-7-4-3-6-15(20)8-11-22(21)23(16)17-12-18(24)14-19(25)13-17/h3-4,6-8,11-14,16,23H,2,5,9-10H2,1H3/t16-,23-/m1/s1. The second-order valence-corrected chi connectivity index (χ2v) is 7.12. The second kappa shape index (κ2) is 6.59. The van der Waals surface area contributed by atoms with Gasteiger partial charge >= 0.3 is 0 Å². The van der Waals surface area contributed by atoms with E-state index < -0.39 is 11.6 Å². The summed E-state index contributed by atoms with van der Waals surface area (Å²) in [5, 5.41) is 2.51. The zero-order valence-electron chi connectivity index (χ0n) is 14.4. The molecule has 2 heteroatoms. The molecule has 0 fully saturated rings. The minimum Gasteiger partial charge on any atom is -0.207 e. The highest BCUT2D eigenvalue weighted by atomic mass is 19.1. The van der Waals surface area contributed by atoms with E-state index in [0.29, 0.717) is 5.92 Å². The monoisotopic (exact) mass is 336 g/mol. The first-order valence-corrected chi connectivity index (χ1v) is 9.14. The summed E-state index contributed by atoms with van der Waals surface area (Å²) >= 11 is 0. The highest BCUT2D eigenvalue weighted by Crippen LogP contribution is 2.45. The van der Waals surface area contributed by atoms with E-state index in [9.17, 15) is 8.78 Å². The van der Waals surface area contributed by atoms with Crippen molar-refractivity contribution in [2.45, 2.75) is 38.5 Å². The predicted molar refractivity (Wildman–Crippen MR) is 98.9 cm³/mol. The fourth-order valence-electron chi connectivity index (χ4n) is 4.56. The maximum atomic E-state index is 13.9. The van der Waals surface area contributed by atoms with Crippen LogP contribution >= 0.6 is 0 Å². The zero-order valence-corrected chi connectivity index (χ0v) is 14.4. The van der Waals surface area contributed by atoms with Crippen molar-refractivity contribution in [1.29, 1.82) is 0 Å². The van der Waals surface area contributed by atoms with Gasteiger partial charge in [0.1, 0.15) is 11.6 Å². The summed E-state index contributed by atoms with van der Waals surface area (Å²) in [6.45, 7) is 2.18. The molecule has 3 aromatic carbocycles. The van der Waals surface area contributed by atoms with Crippen LogP contribution in [0.2, 0.25) is 0 Å². The molecule has 128 valence electrons. The summed E-state index contributed by atoms with van der Waals surface area (Å²) in [5.41, 5.74) is 3.36. The number of fused-ring (bicyclic) bond motifs is 3. The van der Waals surface area contributed by atoms with Crippen molar-refractivity contribution in [3.8, 4) is 0 Å². The normalized spacial score (nSPS) is 19.8. The van der Waals surface area contributed by atoms with E-state index in [2.05, 4.69) is 43.3 Å². The first-order chi connectivity index (χ1) is 12.2. The molecule has 0 bridgehead atoms. The predicted octanol–water partition coefficient (Wildman–Crippen LogP) is 6.61. The Bertz CT molecular complexity index is 893. The Labute approximate surface area is 147 Å². The lowest BCUT2D eigenvalue weighted by Gasteiger charge is -2.35. The van der Waals surface area contributed by atoms with Gasteiger partial charge in [0.2, 0.25) is 0 Å². The third-order valence-corrected chi connectivity index (χ3v) is 5.55. The fourth-order valence-corrected chi connectivity index (χ4v) is 4.56. The van der Waals surface area contributed by atoms with Crippen molar-refractivity contribution in [2.75, 3.05) is 0 Å². The molecule has 2 atom stereocenters. The van der Waals surface area contributed by atoms with Gasteiger partial charge in [0.15, 0.2) is 0 Å². The lowest BCUT2D eigenvalue weighted by Crippen LogP contribution is -2.22. The van der Waals surface area contributed by atoms with Gasteiger partial charge in [-0.2, -0.15) is 0 Å². The second-order valence-electron chi connectivity index (χ2n) is 7.12. The highest BCUT2D eigenvalue weighted by Gasteiger charge is 2.31. The molecule has 1 aliphatic rings. The van der Waals surface area contributed by atoms with Gasteiger partial charge in [0, 0.05) is 12.0 Å². The van der Waals surface area contributed by atoms with Crippen molar-refractivity contribution in [3.63, 3.8) is 0 Å². The molecule has 0 N–H and O–H groups in total. The van der Waals surface area contributed by atoms with E-state index in [0.717, 1.165) is 37.3 Å². The van der Waals surface area contributed by atoms with Gasteiger partial charge in [0.05, 0.1) is 0 Å². The molecular formula is C23H22F2. The quantitative estimate of drug-likeness (QED) is 0.504. The molecule has 0 heterocycles. The van der Waals surface area contributed by atoms with Crippen LogP contribution in [0.15, 0.2) is 54.6 Å². The lowest BCUT2D eigenvalue weighted by atomic mass is 9.69. The Kier molecular flexibility index (Phi) is 4.29. The fraction of sp³-hybridized carbons (Fsp3) is 0.304. The molecule has 1 aliphatic carbocycles. The van der Waals surface area contributed by atoms with Crippen LogP contribution in [-0.2, 0) is 6.42 Å². The molecule has 0 radical (unpaired) electrons. The van der Waals surface area contributed by atoms with Crippen LogP contribution in [0.1, 0.15) is 48.8 Å². The van der Waals surface area contributed by atoms with Gasteiger partial charge in [-0.3, -0.25) is 0 Å². The van der Waals surface area contributed by atoms with Crippen LogP contribution in [-0.4, -0.2) is 0 Å². The minimum atomic E-state index is -0.488. The zero-order chi connectivity index (χ0) is 17.4. The average molecular weight is 336 g/mol. The van der Waals surface area contributed by atoms with Gasteiger partial charge in [-0.25, -0.2) is 8.78 Å². The first-order valence-electron chi connectivity index (χ1n) is 9.14. The molecule has 0 spiro atoms. The topological polar surface area (TPSA) is 0 Å². The SMILES string of the molecule is CCC[C@@H]1CCc2c(ccc3ccccc23)[C@H]1c1cc(F)cc(F)c1. The van der Waals surface area contributed by atoms with Crippen LogP contribution in [0.5, 0.6) is 0 Å². The van der Waals surface area contributed by atoms with E-state index in [4.69, 9.17) is 0 Å². The number of hydrogen-bond donors (Lipinski definition) is 0. The van der Waals surface area contributed by atoms with E-state index in [-0.39, 0.29) is 5.92 Å². The number of benzene rings is 3. The number of rotatable bonds is 3. The van der Waals surface area contributed by atoms with Crippen molar-refractivity contribution in [2.24, 2.45) is 5.92 Å². The minimum absolute atomic E-state index is 0.0681. The van der Waals surface area contributed by atoms with Crippen LogP contribution in [0.25, 0.3) is 10.8 Å². The Morgan fingerprint density at radius 2 is 1.72 bits per heavy atom. The van der Waals surface area contributed by atoms with E-state index in [1.807, 2.05) is 0 Å². The van der Waals surface area contributed by atoms with Crippen molar-refractivity contribution in [3.05, 3.63) is 82.9 Å². The van der Waals surface area contributed by atoms with Crippen LogP contribution in [0.4, 0.5) is 8.78 Å². The van der Waals surface area contributed by atoms with Crippen molar-refractivity contribution in [1.82, 2.24) is 0 Å². The number of halogens is 2.